The van der Waals surface area contributed by atoms with Gasteiger partial charge in [0.25, 0.3) is 5.91 Å². The van der Waals surface area contributed by atoms with E-state index in [1.807, 2.05) is 38.1 Å². The Morgan fingerprint density at radius 2 is 2.15 bits per heavy atom. The molecule has 108 valence electrons. The van der Waals surface area contributed by atoms with Crippen LogP contribution in [0, 0.1) is 5.41 Å². The summed E-state index contributed by atoms with van der Waals surface area (Å²) in [5.74, 6) is -0.122. The third-order valence-electron chi connectivity index (χ3n) is 3.34. The highest BCUT2D eigenvalue weighted by Gasteiger charge is 2.19. The summed E-state index contributed by atoms with van der Waals surface area (Å²) in [7, 11) is 0. The topological polar surface area (TPSA) is 65.1 Å². The van der Waals surface area contributed by atoms with Gasteiger partial charge in [-0.3, -0.25) is 4.79 Å². The maximum atomic E-state index is 12.1. The molecule has 1 amide bonds. The molecular weight excluding hydrogens is 320 g/mol. The summed E-state index contributed by atoms with van der Waals surface area (Å²) < 4.78 is 0.986. The molecule has 0 bridgehead atoms. The van der Waals surface area contributed by atoms with Gasteiger partial charge < -0.3 is 15.4 Å². The number of hydrogen-bond acceptors (Lipinski definition) is 2. The number of aromatic nitrogens is 1. The summed E-state index contributed by atoms with van der Waals surface area (Å²) in [6.45, 7) is 4.70. The molecular formula is C15H19BrN2O2. The van der Waals surface area contributed by atoms with Crippen LogP contribution in [0.4, 0.5) is 0 Å². The highest BCUT2D eigenvalue weighted by Crippen LogP contribution is 2.21. The van der Waals surface area contributed by atoms with Crippen LogP contribution in [0.3, 0.4) is 0 Å². The third-order valence-corrected chi connectivity index (χ3v) is 3.84. The fourth-order valence-electron chi connectivity index (χ4n) is 2.03. The smallest absolute Gasteiger partial charge is 0.267 e. The first kappa shape index (κ1) is 15.1. The molecule has 20 heavy (non-hydrogen) atoms. The number of nitrogens with one attached hydrogen (secondary N) is 2. The molecule has 0 aliphatic rings. The first-order chi connectivity index (χ1) is 9.41. The second-order valence-electron chi connectivity index (χ2n) is 5.74. The van der Waals surface area contributed by atoms with Crippen molar-refractivity contribution in [3.8, 4) is 0 Å². The van der Waals surface area contributed by atoms with Crippen LogP contribution in [0.25, 0.3) is 10.9 Å². The second kappa shape index (κ2) is 5.97. The maximum Gasteiger partial charge on any atom is 0.267 e. The Balaban J connectivity index is 2.08. The number of rotatable bonds is 5. The van der Waals surface area contributed by atoms with Gasteiger partial charge in [0.2, 0.25) is 0 Å². The van der Waals surface area contributed by atoms with Gasteiger partial charge in [-0.25, -0.2) is 0 Å². The van der Waals surface area contributed by atoms with Crippen molar-refractivity contribution >= 4 is 32.7 Å². The van der Waals surface area contributed by atoms with Crippen molar-refractivity contribution in [3.63, 3.8) is 0 Å². The average Bonchev–Trinajstić information content (AvgIpc) is 2.79. The molecule has 1 aromatic carbocycles. The zero-order chi connectivity index (χ0) is 14.8. The van der Waals surface area contributed by atoms with Crippen LogP contribution >= 0.6 is 15.9 Å². The first-order valence-electron chi connectivity index (χ1n) is 6.59. The minimum Gasteiger partial charge on any atom is -0.396 e. The predicted molar refractivity (Wildman–Crippen MR) is 83.8 cm³/mol. The first-order valence-corrected chi connectivity index (χ1v) is 7.38. The highest BCUT2D eigenvalue weighted by molar-refractivity contribution is 9.10. The number of amides is 1. The largest absolute Gasteiger partial charge is 0.396 e. The molecule has 0 aliphatic heterocycles. The molecule has 5 heteroatoms. The van der Waals surface area contributed by atoms with Crippen LogP contribution < -0.4 is 5.32 Å². The Labute approximate surface area is 126 Å². The lowest BCUT2D eigenvalue weighted by Crippen LogP contribution is -2.34. The van der Waals surface area contributed by atoms with E-state index in [-0.39, 0.29) is 17.9 Å². The summed E-state index contributed by atoms with van der Waals surface area (Å²) in [6.07, 6.45) is 0.660. The van der Waals surface area contributed by atoms with E-state index in [2.05, 4.69) is 26.2 Å². The molecule has 3 N–H and O–H groups in total. The molecule has 0 unspecified atom stereocenters. The molecule has 2 aromatic rings. The molecule has 2 rings (SSSR count). The summed E-state index contributed by atoms with van der Waals surface area (Å²) in [5, 5.41) is 12.9. The normalized spacial score (nSPS) is 11.8. The van der Waals surface area contributed by atoms with Crippen LogP contribution in [-0.4, -0.2) is 29.1 Å². The Morgan fingerprint density at radius 3 is 2.85 bits per heavy atom. The summed E-state index contributed by atoms with van der Waals surface area (Å²) in [6, 6.07) is 7.68. The number of carbonyl (C=O) groups excluding carboxylic acids is 1. The molecule has 0 radical (unpaired) electrons. The fourth-order valence-corrected chi connectivity index (χ4v) is 2.41. The van der Waals surface area contributed by atoms with Gasteiger partial charge in [0.05, 0.1) is 0 Å². The lowest BCUT2D eigenvalue weighted by atomic mass is 9.90. The standard InChI is InChI=1S/C15H19BrN2O2/c1-15(2,5-6-19)9-17-14(20)13-8-10-7-11(16)3-4-12(10)18-13/h3-4,7-8,18-19H,5-6,9H2,1-2H3,(H,17,20). The van der Waals surface area contributed by atoms with Crippen molar-refractivity contribution in [1.29, 1.82) is 0 Å². The van der Waals surface area contributed by atoms with Gasteiger partial charge in [-0.15, -0.1) is 0 Å². The lowest BCUT2D eigenvalue weighted by molar-refractivity contribution is 0.0924. The van der Waals surface area contributed by atoms with Crippen molar-refractivity contribution in [3.05, 3.63) is 34.4 Å². The van der Waals surface area contributed by atoms with E-state index in [0.29, 0.717) is 18.7 Å². The summed E-state index contributed by atoms with van der Waals surface area (Å²) in [5.41, 5.74) is 1.38. The number of hydrogen-bond donors (Lipinski definition) is 3. The fraction of sp³-hybridized carbons (Fsp3) is 0.400. The minimum absolute atomic E-state index is 0.112. The Morgan fingerprint density at radius 1 is 1.40 bits per heavy atom. The van der Waals surface area contributed by atoms with Crippen LogP contribution in [0.2, 0.25) is 0 Å². The van der Waals surface area contributed by atoms with Gasteiger partial charge in [0.15, 0.2) is 0 Å². The Hall–Kier alpha value is -1.33. The molecule has 1 heterocycles. The predicted octanol–water partition coefficient (Wildman–Crippen LogP) is 3.07. The van der Waals surface area contributed by atoms with Gasteiger partial charge in [-0.2, -0.15) is 0 Å². The monoisotopic (exact) mass is 338 g/mol. The van der Waals surface area contributed by atoms with E-state index >= 15 is 0 Å². The van der Waals surface area contributed by atoms with E-state index < -0.39 is 0 Å². The number of aliphatic hydroxyl groups excluding tert-OH is 1. The van der Waals surface area contributed by atoms with Gasteiger partial charge in [0.1, 0.15) is 5.69 Å². The van der Waals surface area contributed by atoms with Crippen molar-refractivity contribution in [1.82, 2.24) is 10.3 Å². The van der Waals surface area contributed by atoms with Gasteiger partial charge in [-0.05, 0) is 36.1 Å². The number of H-pyrrole nitrogens is 1. The number of benzene rings is 1. The molecule has 4 nitrogen and oxygen atoms in total. The van der Waals surface area contributed by atoms with E-state index in [0.717, 1.165) is 15.4 Å². The summed E-state index contributed by atoms with van der Waals surface area (Å²) in [4.78, 5) is 15.2. The van der Waals surface area contributed by atoms with Crippen LogP contribution in [0.5, 0.6) is 0 Å². The molecule has 1 aromatic heterocycles. The number of aromatic amines is 1. The van der Waals surface area contributed by atoms with Crippen LogP contribution in [-0.2, 0) is 0 Å². The number of fused-ring (bicyclic) bond motifs is 1. The molecule has 0 spiro atoms. The van der Waals surface area contributed by atoms with Gasteiger partial charge >= 0.3 is 0 Å². The van der Waals surface area contributed by atoms with E-state index in [9.17, 15) is 4.79 Å². The lowest BCUT2D eigenvalue weighted by Gasteiger charge is -2.23. The van der Waals surface area contributed by atoms with Crippen molar-refractivity contribution in [2.45, 2.75) is 20.3 Å². The summed E-state index contributed by atoms with van der Waals surface area (Å²) >= 11 is 3.41. The van der Waals surface area contributed by atoms with E-state index in [1.165, 1.54) is 0 Å². The van der Waals surface area contributed by atoms with Gasteiger partial charge in [-0.1, -0.05) is 29.8 Å². The molecule has 0 atom stereocenters. The number of halogens is 1. The van der Waals surface area contributed by atoms with E-state index in [1.54, 1.807) is 0 Å². The van der Waals surface area contributed by atoms with Crippen molar-refractivity contribution < 1.29 is 9.90 Å². The number of carbonyl (C=O) groups is 1. The average molecular weight is 339 g/mol. The van der Waals surface area contributed by atoms with Gasteiger partial charge in [0, 0.05) is 28.5 Å². The van der Waals surface area contributed by atoms with Crippen molar-refractivity contribution in [2.75, 3.05) is 13.2 Å². The Kier molecular flexibility index (Phi) is 4.50. The number of aliphatic hydroxyl groups is 1. The zero-order valence-corrected chi connectivity index (χ0v) is 13.3. The highest BCUT2D eigenvalue weighted by atomic mass is 79.9. The SMILES string of the molecule is CC(C)(CCO)CNC(=O)c1cc2cc(Br)ccc2[nH]1. The van der Waals surface area contributed by atoms with Crippen molar-refractivity contribution in [2.24, 2.45) is 5.41 Å². The quantitative estimate of drug-likeness (QED) is 0.784. The van der Waals surface area contributed by atoms with Crippen LogP contribution in [0.1, 0.15) is 30.8 Å². The molecule has 0 saturated heterocycles. The maximum absolute atomic E-state index is 12.1. The molecule has 0 fully saturated rings. The van der Waals surface area contributed by atoms with E-state index in [4.69, 9.17) is 5.11 Å². The van der Waals surface area contributed by atoms with Crippen LogP contribution in [0.15, 0.2) is 28.7 Å². The Bertz CT molecular complexity index is 619. The molecule has 0 saturated carbocycles. The minimum atomic E-state index is -0.122. The second-order valence-corrected chi connectivity index (χ2v) is 6.65. The third kappa shape index (κ3) is 3.61. The zero-order valence-electron chi connectivity index (χ0n) is 11.7. The molecule has 0 aliphatic carbocycles.